The first-order valence-corrected chi connectivity index (χ1v) is 7.60. The highest BCUT2D eigenvalue weighted by molar-refractivity contribution is 9.10. The van der Waals surface area contributed by atoms with E-state index >= 15 is 0 Å². The molecular formula is C16H16BrClN2O. The van der Waals surface area contributed by atoms with E-state index in [9.17, 15) is 4.79 Å². The molecule has 0 spiro atoms. The van der Waals surface area contributed by atoms with Crippen molar-refractivity contribution in [3.8, 4) is 0 Å². The van der Waals surface area contributed by atoms with Crippen LogP contribution in [0.5, 0.6) is 0 Å². The van der Waals surface area contributed by atoms with E-state index in [1.165, 1.54) is 0 Å². The van der Waals surface area contributed by atoms with Gasteiger partial charge in [0.2, 0.25) is 0 Å². The van der Waals surface area contributed by atoms with Gasteiger partial charge in [-0.25, -0.2) is 0 Å². The van der Waals surface area contributed by atoms with Crippen LogP contribution in [-0.4, -0.2) is 20.0 Å². The van der Waals surface area contributed by atoms with Crippen LogP contribution in [-0.2, 0) is 0 Å². The Morgan fingerprint density at radius 2 is 1.90 bits per heavy atom. The zero-order chi connectivity index (χ0) is 15.6. The van der Waals surface area contributed by atoms with Gasteiger partial charge in [0.25, 0.3) is 5.91 Å². The summed E-state index contributed by atoms with van der Waals surface area (Å²) < 4.78 is 0.982. The Kier molecular flexibility index (Phi) is 4.91. The average Bonchev–Trinajstić information content (AvgIpc) is 2.41. The summed E-state index contributed by atoms with van der Waals surface area (Å²) in [5.74, 6) is -0.157. The van der Waals surface area contributed by atoms with E-state index in [-0.39, 0.29) is 5.91 Å². The van der Waals surface area contributed by atoms with Crippen molar-refractivity contribution in [3.05, 3.63) is 57.0 Å². The van der Waals surface area contributed by atoms with Gasteiger partial charge < -0.3 is 10.2 Å². The highest BCUT2D eigenvalue weighted by Gasteiger charge is 2.12. The second kappa shape index (κ2) is 6.50. The van der Waals surface area contributed by atoms with Crippen molar-refractivity contribution in [1.82, 2.24) is 0 Å². The monoisotopic (exact) mass is 366 g/mol. The number of amides is 1. The first kappa shape index (κ1) is 15.9. The van der Waals surface area contributed by atoms with E-state index < -0.39 is 0 Å². The predicted molar refractivity (Wildman–Crippen MR) is 92.6 cm³/mol. The second-order valence-corrected chi connectivity index (χ2v) is 6.26. The van der Waals surface area contributed by atoms with Gasteiger partial charge in [0.05, 0.1) is 11.4 Å². The first-order valence-electron chi connectivity index (χ1n) is 6.43. The van der Waals surface area contributed by atoms with E-state index in [4.69, 9.17) is 11.6 Å². The molecule has 2 aromatic carbocycles. The van der Waals surface area contributed by atoms with Gasteiger partial charge in [0, 0.05) is 29.2 Å². The molecule has 2 rings (SSSR count). The predicted octanol–water partition coefficient (Wildman–Crippen LogP) is 4.73. The van der Waals surface area contributed by atoms with Crippen molar-refractivity contribution in [1.29, 1.82) is 0 Å². The number of benzene rings is 2. The lowest BCUT2D eigenvalue weighted by atomic mass is 10.1. The van der Waals surface area contributed by atoms with E-state index in [0.29, 0.717) is 16.3 Å². The van der Waals surface area contributed by atoms with Crippen LogP contribution in [0, 0.1) is 6.92 Å². The third-order valence-corrected chi connectivity index (χ3v) is 4.23. The highest BCUT2D eigenvalue weighted by Crippen LogP contribution is 2.28. The summed E-state index contributed by atoms with van der Waals surface area (Å²) in [4.78, 5) is 14.3. The van der Waals surface area contributed by atoms with Gasteiger partial charge in [-0.3, -0.25) is 4.79 Å². The molecule has 2 aromatic rings. The molecule has 0 heterocycles. The SMILES string of the molecule is Cc1cc(C(=O)Nc2cc(Cl)ccc2N(C)C)ccc1Br. The van der Waals surface area contributed by atoms with Gasteiger partial charge in [-0.05, 0) is 48.9 Å². The molecular weight excluding hydrogens is 352 g/mol. The second-order valence-electron chi connectivity index (χ2n) is 4.97. The minimum atomic E-state index is -0.157. The molecule has 21 heavy (non-hydrogen) atoms. The maximum absolute atomic E-state index is 12.4. The van der Waals surface area contributed by atoms with Gasteiger partial charge in [0.15, 0.2) is 0 Å². The molecule has 0 fully saturated rings. The fourth-order valence-corrected chi connectivity index (χ4v) is 2.40. The van der Waals surface area contributed by atoms with Crippen molar-refractivity contribution in [2.75, 3.05) is 24.3 Å². The number of carbonyl (C=O) groups is 1. The van der Waals surface area contributed by atoms with Gasteiger partial charge in [0.1, 0.15) is 0 Å². The fraction of sp³-hybridized carbons (Fsp3) is 0.188. The minimum Gasteiger partial charge on any atom is -0.376 e. The number of halogens is 2. The molecule has 0 aromatic heterocycles. The third kappa shape index (κ3) is 3.77. The maximum atomic E-state index is 12.4. The molecule has 3 nitrogen and oxygen atoms in total. The normalized spacial score (nSPS) is 10.3. The number of aryl methyl sites for hydroxylation is 1. The summed E-state index contributed by atoms with van der Waals surface area (Å²) in [6.07, 6.45) is 0. The molecule has 0 bridgehead atoms. The van der Waals surface area contributed by atoms with Crippen molar-refractivity contribution in [2.24, 2.45) is 0 Å². The maximum Gasteiger partial charge on any atom is 0.255 e. The average molecular weight is 368 g/mol. The lowest BCUT2D eigenvalue weighted by Crippen LogP contribution is -2.16. The minimum absolute atomic E-state index is 0.157. The number of hydrogen-bond acceptors (Lipinski definition) is 2. The molecule has 5 heteroatoms. The molecule has 0 aliphatic heterocycles. The molecule has 0 unspecified atom stereocenters. The van der Waals surface area contributed by atoms with Crippen LogP contribution >= 0.6 is 27.5 Å². The summed E-state index contributed by atoms with van der Waals surface area (Å²) in [7, 11) is 3.84. The van der Waals surface area contributed by atoms with E-state index in [0.717, 1.165) is 15.7 Å². The summed E-state index contributed by atoms with van der Waals surface area (Å²) >= 11 is 9.45. The fourth-order valence-electron chi connectivity index (χ4n) is 1.98. The van der Waals surface area contributed by atoms with Crippen LogP contribution in [0.3, 0.4) is 0 Å². The molecule has 0 aliphatic carbocycles. The lowest BCUT2D eigenvalue weighted by Gasteiger charge is -2.18. The zero-order valence-electron chi connectivity index (χ0n) is 12.1. The first-order chi connectivity index (χ1) is 9.88. The summed E-state index contributed by atoms with van der Waals surface area (Å²) in [5, 5.41) is 3.50. The quantitative estimate of drug-likeness (QED) is 0.850. The van der Waals surface area contributed by atoms with Crippen LogP contribution in [0.2, 0.25) is 5.02 Å². The number of rotatable bonds is 3. The van der Waals surface area contributed by atoms with E-state index in [1.54, 1.807) is 18.2 Å². The van der Waals surface area contributed by atoms with Crippen molar-refractivity contribution in [2.45, 2.75) is 6.92 Å². The van der Waals surface area contributed by atoms with E-state index in [2.05, 4.69) is 21.2 Å². The largest absolute Gasteiger partial charge is 0.376 e. The molecule has 0 saturated heterocycles. The summed E-state index contributed by atoms with van der Waals surface area (Å²) in [6, 6.07) is 10.9. The lowest BCUT2D eigenvalue weighted by molar-refractivity contribution is 0.102. The van der Waals surface area contributed by atoms with Gasteiger partial charge in [-0.2, -0.15) is 0 Å². The van der Waals surface area contributed by atoms with Gasteiger partial charge >= 0.3 is 0 Å². The number of nitrogens with zero attached hydrogens (tertiary/aromatic N) is 1. The van der Waals surface area contributed by atoms with Crippen LogP contribution in [0.15, 0.2) is 40.9 Å². The van der Waals surface area contributed by atoms with Crippen LogP contribution in [0.4, 0.5) is 11.4 Å². The van der Waals surface area contributed by atoms with Crippen LogP contribution in [0.1, 0.15) is 15.9 Å². The summed E-state index contributed by atoms with van der Waals surface area (Å²) in [5.41, 5.74) is 3.22. The van der Waals surface area contributed by atoms with Crippen LogP contribution < -0.4 is 10.2 Å². The number of carbonyl (C=O) groups excluding carboxylic acids is 1. The Balaban J connectivity index is 2.30. The van der Waals surface area contributed by atoms with Gasteiger partial charge in [-0.15, -0.1) is 0 Å². The Labute approximate surface area is 138 Å². The molecule has 1 amide bonds. The molecule has 0 radical (unpaired) electrons. The third-order valence-electron chi connectivity index (χ3n) is 3.11. The molecule has 0 aliphatic rings. The number of anilines is 2. The molecule has 110 valence electrons. The standard InChI is InChI=1S/C16H16BrClN2O/c1-10-8-11(4-6-13(10)17)16(21)19-14-9-12(18)5-7-15(14)20(2)3/h4-9H,1-3H3,(H,19,21). The summed E-state index contributed by atoms with van der Waals surface area (Å²) in [6.45, 7) is 1.95. The van der Waals surface area contributed by atoms with Crippen LogP contribution in [0.25, 0.3) is 0 Å². The van der Waals surface area contributed by atoms with Crippen molar-refractivity contribution in [3.63, 3.8) is 0 Å². The highest BCUT2D eigenvalue weighted by atomic mass is 79.9. The number of nitrogens with one attached hydrogen (secondary N) is 1. The Morgan fingerprint density at radius 1 is 1.19 bits per heavy atom. The zero-order valence-corrected chi connectivity index (χ0v) is 14.4. The molecule has 0 saturated carbocycles. The number of hydrogen-bond donors (Lipinski definition) is 1. The van der Waals surface area contributed by atoms with Crippen molar-refractivity contribution < 1.29 is 4.79 Å². The Bertz CT molecular complexity index is 686. The smallest absolute Gasteiger partial charge is 0.255 e. The van der Waals surface area contributed by atoms with Gasteiger partial charge in [-0.1, -0.05) is 27.5 Å². The Morgan fingerprint density at radius 3 is 2.52 bits per heavy atom. The topological polar surface area (TPSA) is 32.3 Å². The van der Waals surface area contributed by atoms with E-state index in [1.807, 2.05) is 44.1 Å². The molecule has 0 atom stereocenters. The Hall–Kier alpha value is -1.52. The molecule has 1 N–H and O–H groups in total. The van der Waals surface area contributed by atoms with Crippen molar-refractivity contribution >= 4 is 44.8 Å².